The molecule has 0 bridgehead atoms. The summed E-state index contributed by atoms with van der Waals surface area (Å²) in [5.74, 6) is 0. The molecule has 2 heterocycles. The lowest BCUT2D eigenvalue weighted by atomic mass is 10.1. The van der Waals surface area contributed by atoms with Crippen molar-refractivity contribution in [2.75, 3.05) is 0 Å². The van der Waals surface area contributed by atoms with Crippen molar-refractivity contribution in [1.29, 1.82) is 0 Å². The van der Waals surface area contributed by atoms with E-state index in [9.17, 15) is 4.79 Å². The summed E-state index contributed by atoms with van der Waals surface area (Å²) < 4.78 is 4.75. The van der Waals surface area contributed by atoms with E-state index in [4.69, 9.17) is 4.42 Å². The summed E-state index contributed by atoms with van der Waals surface area (Å²) in [7, 11) is 0. The van der Waals surface area contributed by atoms with Crippen LogP contribution in [0.4, 0.5) is 0 Å². The minimum absolute atomic E-state index is 0.376. The summed E-state index contributed by atoms with van der Waals surface area (Å²) in [6.45, 7) is 0. The van der Waals surface area contributed by atoms with Crippen LogP contribution in [0.3, 0.4) is 0 Å². The minimum Gasteiger partial charge on any atom is -0.411 e. The van der Waals surface area contributed by atoms with Gasteiger partial charge in [-0.3, -0.25) is 4.98 Å². The van der Waals surface area contributed by atoms with Crippen molar-refractivity contribution in [3.05, 3.63) is 47.3 Å². The minimum atomic E-state index is -0.376. The average Bonchev–Trinajstić information content (AvgIpc) is 2.29. The second-order valence-corrected chi connectivity index (χ2v) is 3.18. The molecular formula is C11H6N2O2. The molecule has 0 radical (unpaired) electrons. The summed E-state index contributed by atoms with van der Waals surface area (Å²) in [6.07, 6.45) is 2.72. The molecule has 2 aromatic heterocycles. The van der Waals surface area contributed by atoms with Gasteiger partial charge in [0.25, 0.3) is 0 Å². The van der Waals surface area contributed by atoms with Crippen molar-refractivity contribution in [3.8, 4) is 0 Å². The largest absolute Gasteiger partial charge is 0.411 e. The number of hydrogen-bond acceptors (Lipinski definition) is 4. The van der Waals surface area contributed by atoms with Gasteiger partial charge < -0.3 is 4.42 Å². The molecule has 0 fully saturated rings. The molecule has 0 saturated heterocycles. The van der Waals surface area contributed by atoms with Crippen LogP contribution in [0, 0.1) is 0 Å². The molecule has 0 aliphatic carbocycles. The number of pyridine rings is 1. The van der Waals surface area contributed by atoms with E-state index >= 15 is 0 Å². The van der Waals surface area contributed by atoms with E-state index in [-0.39, 0.29) is 5.63 Å². The Balaban J connectivity index is 2.70. The molecule has 0 aliphatic heterocycles. The number of fused-ring (bicyclic) bond motifs is 3. The van der Waals surface area contributed by atoms with Crippen molar-refractivity contribution >= 4 is 21.8 Å². The van der Waals surface area contributed by atoms with Gasteiger partial charge in [0.1, 0.15) is 0 Å². The fourth-order valence-corrected chi connectivity index (χ4v) is 1.63. The van der Waals surface area contributed by atoms with Crippen LogP contribution < -0.4 is 5.63 Å². The number of aromatic nitrogens is 2. The monoisotopic (exact) mass is 198 g/mol. The third-order valence-electron chi connectivity index (χ3n) is 2.31. The molecule has 15 heavy (non-hydrogen) atoms. The highest BCUT2D eigenvalue weighted by Gasteiger charge is 2.06. The van der Waals surface area contributed by atoms with Crippen molar-refractivity contribution in [2.45, 2.75) is 0 Å². The van der Waals surface area contributed by atoms with E-state index < -0.39 is 0 Å². The molecule has 3 aromatic rings. The fourth-order valence-electron chi connectivity index (χ4n) is 1.63. The highest BCUT2D eigenvalue weighted by atomic mass is 16.4. The molecule has 1 aromatic carbocycles. The third kappa shape index (κ3) is 1.11. The lowest BCUT2D eigenvalue weighted by Gasteiger charge is -1.99. The zero-order valence-electron chi connectivity index (χ0n) is 7.68. The maximum atomic E-state index is 11.6. The molecule has 0 aliphatic rings. The summed E-state index contributed by atoms with van der Waals surface area (Å²) in [4.78, 5) is 19.7. The van der Waals surface area contributed by atoms with Crippen LogP contribution in [0.25, 0.3) is 21.8 Å². The van der Waals surface area contributed by atoms with Crippen LogP contribution in [0.15, 0.2) is 46.1 Å². The standard InChI is InChI=1S/C11H6N2O2/c14-11-10-7-3-1-2-4-8(7)12-5-9(10)13-6-15-11/h1-6H. The predicted molar refractivity (Wildman–Crippen MR) is 55.6 cm³/mol. The molecular weight excluding hydrogens is 192 g/mol. The highest BCUT2D eigenvalue weighted by Crippen LogP contribution is 2.18. The summed E-state index contributed by atoms with van der Waals surface area (Å²) >= 11 is 0. The van der Waals surface area contributed by atoms with Crippen LogP contribution in [-0.4, -0.2) is 9.97 Å². The quantitative estimate of drug-likeness (QED) is 0.516. The molecule has 0 atom stereocenters. The Morgan fingerprint density at radius 3 is 2.87 bits per heavy atom. The van der Waals surface area contributed by atoms with Gasteiger partial charge in [-0.2, -0.15) is 0 Å². The molecule has 0 saturated carbocycles. The van der Waals surface area contributed by atoms with Gasteiger partial charge >= 0.3 is 5.63 Å². The van der Waals surface area contributed by atoms with E-state index in [0.717, 1.165) is 17.3 Å². The van der Waals surface area contributed by atoms with E-state index in [1.54, 1.807) is 6.20 Å². The number of nitrogens with zero attached hydrogens (tertiary/aromatic N) is 2. The molecule has 3 rings (SSSR count). The van der Waals surface area contributed by atoms with Gasteiger partial charge in [0.2, 0.25) is 0 Å². The molecule has 4 nitrogen and oxygen atoms in total. The van der Waals surface area contributed by atoms with Gasteiger partial charge in [-0.15, -0.1) is 0 Å². The first-order chi connectivity index (χ1) is 7.36. The van der Waals surface area contributed by atoms with Crippen molar-refractivity contribution in [1.82, 2.24) is 9.97 Å². The second-order valence-electron chi connectivity index (χ2n) is 3.18. The molecule has 0 N–H and O–H groups in total. The Morgan fingerprint density at radius 2 is 1.93 bits per heavy atom. The first-order valence-corrected chi connectivity index (χ1v) is 4.47. The Kier molecular flexibility index (Phi) is 1.56. The van der Waals surface area contributed by atoms with Gasteiger partial charge in [-0.05, 0) is 6.07 Å². The average molecular weight is 198 g/mol. The normalized spacial score (nSPS) is 10.9. The number of benzene rings is 1. The Labute approximate surface area is 84.2 Å². The first kappa shape index (κ1) is 8.11. The SMILES string of the molecule is O=c1ocnc2cnc3ccccc3c12. The van der Waals surface area contributed by atoms with Crippen molar-refractivity contribution in [3.63, 3.8) is 0 Å². The van der Waals surface area contributed by atoms with E-state index in [1.807, 2.05) is 24.3 Å². The second kappa shape index (κ2) is 2.88. The van der Waals surface area contributed by atoms with Gasteiger partial charge in [-0.1, -0.05) is 18.2 Å². The summed E-state index contributed by atoms with van der Waals surface area (Å²) in [5, 5.41) is 1.26. The maximum Gasteiger partial charge on any atom is 0.347 e. The molecule has 0 unspecified atom stereocenters. The van der Waals surface area contributed by atoms with Gasteiger partial charge in [0.05, 0.1) is 22.6 Å². The number of rotatable bonds is 0. The van der Waals surface area contributed by atoms with Gasteiger partial charge in [0.15, 0.2) is 6.39 Å². The smallest absolute Gasteiger partial charge is 0.347 e. The molecule has 72 valence electrons. The van der Waals surface area contributed by atoms with Crippen molar-refractivity contribution < 1.29 is 4.42 Å². The maximum absolute atomic E-state index is 11.6. The summed E-state index contributed by atoms with van der Waals surface area (Å²) in [6, 6.07) is 7.42. The molecule has 0 amide bonds. The number of para-hydroxylation sites is 1. The highest BCUT2D eigenvalue weighted by molar-refractivity contribution is 6.02. The van der Waals surface area contributed by atoms with Crippen LogP contribution in [0.2, 0.25) is 0 Å². The van der Waals surface area contributed by atoms with Crippen LogP contribution in [-0.2, 0) is 0 Å². The van der Waals surface area contributed by atoms with Crippen LogP contribution in [0.1, 0.15) is 0 Å². The van der Waals surface area contributed by atoms with E-state index in [2.05, 4.69) is 9.97 Å². The summed E-state index contributed by atoms with van der Waals surface area (Å²) in [5.41, 5.74) is 0.953. The predicted octanol–water partition coefficient (Wildman–Crippen LogP) is 1.74. The zero-order valence-corrected chi connectivity index (χ0v) is 7.68. The molecule has 0 spiro atoms. The zero-order chi connectivity index (χ0) is 10.3. The Hall–Kier alpha value is -2.23. The topological polar surface area (TPSA) is 56.0 Å². The Bertz CT molecular complexity index is 703. The first-order valence-electron chi connectivity index (χ1n) is 4.47. The van der Waals surface area contributed by atoms with Crippen LogP contribution in [0.5, 0.6) is 0 Å². The molecule has 4 heteroatoms. The van der Waals surface area contributed by atoms with Crippen molar-refractivity contribution in [2.24, 2.45) is 0 Å². The lowest BCUT2D eigenvalue weighted by Crippen LogP contribution is -2.01. The van der Waals surface area contributed by atoms with Gasteiger partial charge in [0, 0.05) is 5.39 Å². The fraction of sp³-hybridized carbons (Fsp3) is 0. The van der Waals surface area contributed by atoms with Crippen LogP contribution >= 0.6 is 0 Å². The lowest BCUT2D eigenvalue weighted by molar-refractivity contribution is 0.501. The van der Waals surface area contributed by atoms with Gasteiger partial charge in [-0.25, -0.2) is 9.78 Å². The Morgan fingerprint density at radius 1 is 1.07 bits per heavy atom. The van der Waals surface area contributed by atoms with E-state index in [1.165, 1.54) is 0 Å². The number of hydrogen-bond donors (Lipinski definition) is 0. The third-order valence-corrected chi connectivity index (χ3v) is 2.31. The van der Waals surface area contributed by atoms with E-state index in [0.29, 0.717) is 10.9 Å².